The number of urea groups is 1. The fourth-order valence-corrected chi connectivity index (χ4v) is 1.31. The summed E-state index contributed by atoms with van der Waals surface area (Å²) in [5, 5.41) is 4.80. The molecule has 0 aromatic rings. The minimum atomic E-state index is -0.608. The van der Waals surface area contributed by atoms with E-state index in [4.69, 9.17) is 0 Å². The molecule has 1 saturated heterocycles. The maximum atomic E-state index is 11.5. The van der Waals surface area contributed by atoms with Gasteiger partial charge < -0.3 is 10.2 Å². The van der Waals surface area contributed by atoms with Gasteiger partial charge in [-0.2, -0.15) is 0 Å². The number of carbonyl (C=O) groups is 3. The molecule has 1 atom stereocenters. The van der Waals surface area contributed by atoms with Crippen molar-refractivity contribution in [3.63, 3.8) is 0 Å². The SMILES string of the molecule is CCCNC(=O)C(C)N1CC(=O)NC1=O. The van der Waals surface area contributed by atoms with Crippen molar-refractivity contribution >= 4 is 17.8 Å². The molecule has 1 aliphatic heterocycles. The van der Waals surface area contributed by atoms with Gasteiger partial charge in [-0.25, -0.2) is 4.79 Å². The first-order valence-corrected chi connectivity index (χ1v) is 4.94. The van der Waals surface area contributed by atoms with E-state index >= 15 is 0 Å². The van der Waals surface area contributed by atoms with Crippen LogP contribution in [0.3, 0.4) is 0 Å². The molecule has 0 aromatic heterocycles. The number of amides is 4. The highest BCUT2D eigenvalue weighted by molar-refractivity contribution is 6.03. The molecule has 2 N–H and O–H groups in total. The monoisotopic (exact) mass is 213 g/mol. The van der Waals surface area contributed by atoms with Crippen LogP contribution in [0.5, 0.6) is 0 Å². The van der Waals surface area contributed by atoms with Gasteiger partial charge >= 0.3 is 6.03 Å². The number of imide groups is 1. The molecule has 0 radical (unpaired) electrons. The molecule has 6 nitrogen and oxygen atoms in total. The standard InChI is InChI=1S/C9H15N3O3/c1-3-4-10-8(14)6(2)12-5-7(13)11-9(12)15/h6H,3-5H2,1-2H3,(H,10,14)(H,11,13,15). The Kier molecular flexibility index (Phi) is 3.65. The van der Waals surface area contributed by atoms with Crippen molar-refractivity contribution < 1.29 is 14.4 Å². The molecule has 0 bridgehead atoms. The van der Waals surface area contributed by atoms with Crippen LogP contribution in [-0.2, 0) is 9.59 Å². The lowest BCUT2D eigenvalue weighted by Gasteiger charge is -2.20. The van der Waals surface area contributed by atoms with Gasteiger partial charge in [0.1, 0.15) is 12.6 Å². The zero-order chi connectivity index (χ0) is 11.4. The van der Waals surface area contributed by atoms with Crippen LogP contribution in [0.4, 0.5) is 4.79 Å². The second-order valence-electron chi connectivity index (χ2n) is 3.45. The van der Waals surface area contributed by atoms with Crippen molar-refractivity contribution in [2.75, 3.05) is 13.1 Å². The molecule has 1 heterocycles. The molecule has 1 rings (SSSR count). The summed E-state index contributed by atoms with van der Waals surface area (Å²) in [5.74, 6) is -0.600. The highest BCUT2D eigenvalue weighted by atomic mass is 16.2. The summed E-state index contributed by atoms with van der Waals surface area (Å²) in [7, 11) is 0. The normalized spacial score (nSPS) is 17.6. The van der Waals surface area contributed by atoms with E-state index in [9.17, 15) is 14.4 Å². The van der Waals surface area contributed by atoms with Gasteiger partial charge in [0.05, 0.1) is 0 Å². The number of carbonyl (C=O) groups excluding carboxylic acids is 3. The second-order valence-corrected chi connectivity index (χ2v) is 3.45. The Morgan fingerprint density at radius 3 is 2.73 bits per heavy atom. The largest absolute Gasteiger partial charge is 0.354 e. The molecule has 1 aliphatic rings. The van der Waals surface area contributed by atoms with E-state index in [1.165, 1.54) is 4.90 Å². The number of nitrogens with zero attached hydrogens (tertiary/aromatic N) is 1. The van der Waals surface area contributed by atoms with E-state index in [0.717, 1.165) is 6.42 Å². The Hall–Kier alpha value is -1.59. The highest BCUT2D eigenvalue weighted by Crippen LogP contribution is 2.04. The van der Waals surface area contributed by atoms with Crippen LogP contribution in [0.1, 0.15) is 20.3 Å². The fraction of sp³-hybridized carbons (Fsp3) is 0.667. The summed E-state index contributed by atoms with van der Waals surface area (Å²) in [6.45, 7) is 4.08. The van der Waals surface area contributed by atoms with Crippen LogP contribution in [0.15, 0.2) is 0 Å². The van der Waals surface area contributed by atoms with E-state index in [1.54, 1.807) is 6.92 Å². The zero-order valence-corrected chi connectivity index (χ0v) is 8.87. The van der Waals surface area contributed by atoms with Gasteiger partial charge in [-0.15, -0.1) is 0 Å². The van der Waals surface area contributed by atoms with Crippen molar-refractivity contribution in [2.24, 2.45) is 0 Å². The van der Waals surface area contributed by atoms with Gasteiger partial charge in [0.2, 0.25) is 11.8 Å². The van der Waals surface area contributed by atoms with E-state index in [-0.39, 0.29) is 18.4 Å². The average molecular weight is 213 g/mol. The molecule has 0 aromatic carbocycles. The fourth-order valence-electron chi connectivity index (χ4n) is 1.31. The van der Waals surface area contributed by atoms with Crippen molar-refractivity contribution in [3.8, 4) is 0 Å². The topological polar surface area (TPSA) is 78.5 Å². The van der Waals surface area contributed by atoms with Crippen LogP contribution in [0.25, 0.3) is 0 Å². The van der Waals surface area contributed by atoms with E-state index in [2.05, 4.69) is 10.6 Å². The Morgan fingerprint density at radius 2 is 2.27 bits per heavy atom. The second kappa shape index (κ2) is 4.77. The summed E-state index contributed by atoms with van der Waals surface area (Å²) in [6.07, 6.45) is 0.837. The molecular formula is C9H15N3O3. The van der Waals surface area contributed by atoms with Gasteiger partial charge in [0.25, 0.3) is 0 Å². The van der Waals surface area contributed by atoms with E-state index in [1.807, 2.05) is 6.92 Å². The number of hydrogen-bond donors (Lipinski definition) is 2. The lowest BCUT2D eigenvalue weighted by Crippen LogP contribution is -2.46. The van der Waals surface area contributed by atoms with E-state index in [0.29, 0.717) is 6.54 Å². The van der Waals surface area contributed by atoms with Crippen molar-refractivity contribution in [1.29, 1.82) is 0 Å². The van der Waals surface area contributed by atoms with Crippen LogP contribution in [-0.4, -0.2) is 41.9 Å². The van der Waals surface area contributed by atoms with Crippen LogP contribution in [0.2, 0.25) is 0 Å². The Balaban J connectivity index is 2.52. The third-order valence-electron chi connectivity index (χ3n) is 2.22. The first kappa shape index (κ1) is 11.5. The predicted octanol–water partition coefficient (Wildman–Crippen LogP) is -0.547. The average Bonchev–Trinajstić information content (AvgIpc) is 2.53. The highest BCUT2D eigenvalue weighted by Gasteiger charge is 2.33. The maximum Gasteiger partial charge on any atom is 0.325 e. The third kappa shape index (κ3) is 2.68. The van der Waals surface area contributed by atoms with Crippen molar-refractivity contribution in [2.45, 2.75) is 26.3 Å². The van der Waals surface area contributed by atoms with Gasteiger partial charge in [-0.05, 0) is 13.3 Å². The quantitative estimate of drug-likeness (QED) is 0.615. The molecule has 1 unspecified atom stereocenters. The summed E-state index contributed by atoms with van der Waals surface area (Å²) >= 11 is 0. The van der Waals surface area contributed by atoms with Gasteiger partial charge in [-0.1, -0.05) is 6.92 Å². The van der Waals surface area contributed by atoms with Crippen molar-refractivity contribution in [1.82, 2.24) is 15.5 Å². The van der Waals surface area contributed by atoms with Gasteiger partial charge in [0, 0.05) is 6.54 Å². The third-order valence-corrected chi connectivity index (χ3v) is 2.22. The molecule has 6 heteroatoms. The minimum Gasteiger partial charge on any atom is -0.354 e. The summed E-state index contributed by atoms with van der Waals surface area (Å²) in [4.78, 5) is 34.8. The summed E-state index contributed by atoms with van der Waals surface area (Å²) in [5.41, 5.74) is 0. The smallest absolute Gasteiger partial charge is 0.325 e. The molecule has 0 spiro atoms. The van der Waals surface area contributed by atoms with Crippen LogP contribution < -0.4 is 10.6 Å². The molecule has 15 heavy (non-hydrogen) atoms. The number of rotatable bonds is 4. The predicted molar refractivity (Wildman–Crippen MR) is 53.0 cm³/mol. The first-order valence-electron chi connectivity index (χ1n) is 4.94. The number of nitrogens with one attached hydrogen (secondary N) is 2. The lowest BCUT2D eigenvalue weighted by molar-refractivity contribution is -0.125. The maximum absolute atomic E-state index is 11.5. The Morgan fingerprint density at radius 1 is 1.60 bits per heavy atom. The minimum absolute atomic E-state index is 0.0421. The number of hydrogen-bond acceptors (Lipinski definition) is 3. The Bertz CT molecular complexity index is 290. The first-order chi connectivity index (χ1) is 7.06. The molecule has 0 saturated carbocycles. The van der Waals surface area contributed by atoms with Crippen molar-refractivity contribution in [3.05, 3.63) is 0 Å². The molecule has 0 aliphatic carbocycles. The zero-order valence-electron chi connectivity index (χ0n) is 8.87. The molecule has 84 valence electrons. The summed E-state index contributed by atoms with van der Waals surface area (Å²) in [6, 6.07) is -1.11. The molecule has 4 amide bonds. The van der Waals surface area contributed by atoms with Gasteiger partial charge in [-0.3, -0.25) is 14.9 Å². The van der Waals surface area contributed by atoms with Gasteiger partial charge in [0.15, 0.2) is 0 Å². The molecule has 1 fully saturated rings. The van der Waals surface area contributed by atoms with Crippen LogP contribution >= 0.6 is 0 Å². The molecular weight excluding hydrogens is 198 g/mol. The Labute approximate surface area is 88.0 Å². The van der Waals surface area contributed by atoms with E-state index < -0.39 is 12.1 Å². The van der Waals surface area contributed by atoms with Crippen LogP contribution in [0, 0.1) is 0 Å². The summed E-state index contributed by atoms with van der Waals surface area (Å²) < 4.78 is 0. The lowest BCUT2D eigenvalue weighted by atomic mass is 10.2.